The van der Waals surface area contributed by atoms with Gasteiger partial charge in [-0.15, -0.1) is 0 Å². The molecule has 18 heavy (non-hydrogen) atoms. The molecule has 1 aromatic carbocycles. The number of methoxy groups -OCH3 is 2. The third-order valence-corrected chi connectivity index (χ3v) is 3.34. The molecular formula is C14H22N2O2. The van der Waals surface area contributed by atoms with Gasteiger partial charge in [0.2, 0.25) is 0 Å². The first kappa shape index (κ1) is 13.2. The summed E-state index contributed by atoms with van der Waals surface area (Å²) < 4.78 is 10.7. The summed E-state index contributed by atoms with van der Waals surface area (Å²) in [5, 5.41) is 0. The zero-order valence-electron chi connectivity index (χ0n) is 11.4. The normalized spacial score (nSPS) is 17.1. The van der Waals surface area contributed by atoms with Crippen LogP contribution >= 0.6 is 0 Å². The van der Waals surface area contributed by atoms with Crippen molar-refractivity contribution in [1.82, 2.24) is 4.90 Å². The lowest BCUT2D eigenvalue weighted by Gasteiger charge is -2.30. The molecule has 1 heterocycles. The van der Waals surface area contributed by atoms with Crippen molar-refractivity contribution in [3.05, 3.63) is 23.3 Å². The molecule has 0 aromatic heterocycles. The predicted octanol–water partition coefficient (Wildman–Crippen LogP) is 1.41. The Morgan fingerprint density at radius 1 is 1.22 bits per heavy atom. The minimum absolute atomic E-state index is 0.215. The standard InChI is InChI=1S/C14H22N2O2/c1-10(15)8-16-5-4-11-6-13(17-2)14(18-3)7-12(11)9-16/h6-7,10H,4-5,8-9,15H2,1-3H3/t10-/m1/s1. The van der Waals surface area contributed by atoms with E-state index >= 15 is 0 Å². The Morgan fingerprint density at radius 3 is 2.39 bits per heavy atom. The molecule has 4 nitrogen and oxygen atoms in total. The summed E-state index contributed by atoms with van der Waals surface area (Å²) in [5.74, 6) is 1.62. The summed E-state index contributed by atoms with van der Waals surface area (Å²) in [6.45, 7) is 4.99. The Morgan fingerprint density at radius 2 is 1.83 bits per heavy atom. The lowest BCUT2D eigenvalue weighted by molar-refractivity contribution is 0.241. The van der Waals surface area contributed by atoms with Crippen LogP contribution in [-0.4, -0.2) is 38.3 Å². The highest BCUT2D eigenvalue weighted by molar-refractivity contribution is 5.48. The van der Waals surface area contributed by atoms with E-state index < -0.39 is 0 Å². The summed E-state index contributed by atoms with van der Waals surface area (Å²) in [6, 6.07) is 4.39. The first-order valence-electron chi connectivity index (χ1n) is 6.35. The lowest BCUT2D eigenvalue weighted by atomic mass is 9.98. The molecule has 0 amide bonds. The number of ether oxygens (including phenoxy) is 2. The molecule has 1 aliphatic rings. The summed E-state index contributed by atoms with van der Waals surface area (Å²) in [4.78, 5) is 2.39. The van der Waals surface area contributed by atoms with Gasteiger partial charge in [-0.1, -0.05) is 0 Å². The zero-order chi connectivity index (χ0) is 13.1. The Balaban J connectivity index is 2.21. The van der Waals surface area contributed by atoms with Crippen LogP contribution in [0.4, 0.5) is 0 Å². The van der Waals surface area contributed by atoms with Gasteiger partial charge in [0.05, 0.1) is 14.2 Å². The van der Waals surface area contributed by atoms with Crippen molar-refractivity contribution < 1.29 is 9.47 Å². The molecule has 0 spiro atoms. The van der Waals surface area contributed by atoms with E-state index in [1.165, 1.54) is 11.1 Å². The monoisotopic (exact) mass is 250 g/mol. The largest absolute Gasteiger partial charge is 0.493 e. The predicted molar refractivity (Wildman–Crippen MR) is 72.2 cm³/mol. The summed E-state index contributed by atoms with van der Waals surface area (Å²) in [7, 11) is 3.35. The van der Waals surface area contributed by atoms with Crippen LogP contribution in [0.2, 0.25) is 0 Å². The summed E-state index contributed by atoms with van der Waals surface area (Å²) in [6.07, 6.45) is 1.04. The van der Waals surface area contributed by atoms with Gasteiger partial charge in [-0.25, -0.2) is 0 Å². The summed E-state index contributed by atoms with van der Waals surface area (Å²) >= 11 is 0. The fraction of sp³-hybridized carbons (Fsp3) is 0.571. The van der Waals surface area contributed by atoms with E-state index in [9.17, 15) is 0 Å². The van der Waals surface area contributed by atoms with Gasteiger partial charge in [-0.05, 0) is 36.6 Å². The third-order valence-electron chi connectivity index (χ3n) is 3.34. The molecular weight excluding hydrogens is 228 g/mol. The number of hydrogen-bond donors (Lipinski definition) is 1. The zero-order valence-corrected chi connectivity index (χ0v) is 11.4. The van der Waals surface area contributed by atoms with Crippen molar-refractivity contribution in [2.75, 3.05) is 27.3 Å². The van der Waals surface area contributed by atoms with Crippen molar-refractivity contribution in [3.8, 4) is 11.5 Å². The molecule has 0 saturated carbocycles. The van der Waals surface area contributed by atoms with Crippen LogP contribution < -0.4 is 15.2 Å². The van der Waals surface area contributed by atoms with Crippen LogP contribution in [0.1, 0.15) is 18.1 Å². The molecule has 0 bridgehead atoms. The Kier molecular flexibility index (Phi) is 4.09. The number of hydrogen-bond acceptors (Lipinski definition) is 4. The van der Waals surface area contributed by atoms with E-state index in [0.717, 1.165) is 37.6 Å². The van der Waals surface area contributed by atoms with Crippen molar-refractivity contribution >= 4 is 0 Å². The second-order valence-corrected chi connectivity index (χ2v) is 4.94. The second kappa shape index (κ2) is 5.59. The smallest absolute Gasteiger partial charge is 0.161 e. The van der Waals surface area contributed by atoms with Gasteiger partial charge in [0.25, 0.3) is 0 Å². The van der Waals surface area contributed by atoms with Crippen LogP contribution in [-0.2, 0) is 13.0 Å². The second-order valence-electron chi connectivity index (χ2n) is 4.94. The van der Waals surface area contributed by atoms with E-state index in [0.29, 0.717) is 0 Å². The molecule has 1 atom stereocenters. The molecule has 2 rings (SSSR count). The van der Waals surface area contributed by atoms with Crippen LogP contribution in [0.25, 0.3) is 0 Å². The van der Waals surface area contributed by atoms with Gasteiger partial charge in [0, 0.05) is 25.7 Å². The van der Waals surface area contributed by atoms with E-state index in [1.54, 1.807) is 14.2 Å². The van der Waals surface area contributed by atoms with Gasteiger partial charge in [-0.3, -0.25) is 4.90 Å². The first-order chi connectivity index (χ1) is 8.63. The van der Waals surface area contributed by atoms with E-state index in [4.69, 9.17) is 15.2 Å². The molecule has 0 fully saturated rings. The Hall–Kier alpha value is -1.26. The van der Waals surface area contributed by atoms with E-state index in [1.807, 2.05) is 6.92 Å². The van der Waals surface area contributed by atoms with E-state index in [2.05, 4.69) is 17.0 Å². The Bertz CT molecular complexity index is 419. The molecule has 0 radical (unpaired) electrons. The molecule has 0 aliphatic carbocycles. The average Bonchev–Trinajstić information content (AvgIpc) is 2.36. The van der Waals surface area contributed by atoms with Crippen molar-refractivity contribution in [3.63, 3.8) is 0 Å². The molecule has 0 saturated heterocycles. The van der Waals surface area contributed by atoms with Gasteiger partial charge in [-0.2, -0.15) is 0 Å². The maximum absolute atomic E-state index is 5.86. The van der Waals surface area contributed by atoms with Gasteiger partial charge in [0.1, 0.15) is 0 Å². The first-order valence-corrected chi connectivity index (χ1v) is 6.35. The highest BCUT2D eigenvalue weighted by atomic mass is 16.5. The highest BCUT2D eigenvalue weighted by Gasteiger charge is 2.19. The molecule has 0 unspecified atom stereocenters. The van der Waals surface area contributed by atoms with Gasteiger partial charge >= 0.3 is 0 Å². The number of nitrogens with zero attached hydrogens (tertiary/aromatic N) is 1. The maximum atomic E-state index is 5.86. The number of fused-ring (bicyclic) bond motifs is 1. The molecule has 100 valence electrons. The lowest BCUT2D eigenvalue weighted by Crippen LogP contribution is -2.38. The minimum atomic E-state index is 0.215. The number of benzene rings is 1. The molecule has 4 heteroatoms. The maximum Gasteiger partial charge on any atom is 0.161 e. The van der Waals surface area contributed by atoms with Crippen molar-refractivity contribution in [1.29, 1.82) is 0 Å². The quantitative estimate of drug-likeness (QED) is 0.877. The number of rotatable bonds is 4. The molecule has 1 aromatic rings. The third kappa shape index (κ3) is 2.76. The highest BCUT2D eigenvalue weighted by Crippen LogP contribution is 2.33. The molecule has 2 N–H and O–H groups in total. The van der Waals surface area contributed by atoms with Gasteiger partial charge in [0.15, 0.2) is 11.5 Å². The molecule has 1 aliphatic heterocycles. The number of nitrogens with two attached hydrogens (primary N) is 1. The van der Waals surface area contributed by atoms with Crippen molar-refractivity contribution in [2.45, 2.75) is 25.9 Å². The Labute approximate surface area is 109 Å². The topological polar surface area (TPSA) is 47.7 Å². The van der Waals surface area contributed by atoms with Crippen LogP contribution in [0, 0.1) is 0 Å². The van der Waals surface area contributed by atoms with Crippen LogP contribution in [0.15, 0.2) is 12.1 Å². The fourth-order valence-electron chi connectivity index (χ4n) is 2.50. The summed E-state index contributed by atoms with van der Waals surface area (Å²) in [5.41, 5.74) is 8.53. The van der Waals surface area contributed by atoms with Crippen LogP contribution in [0.5, 0.6) is 11.5 Å². The fourth-order valence-corrected chi connectivity index (χ4v) is 2.50. The average molecular weight is 250 g/mol. The minimum Gasteiger partial charge on any atom is -0.493 e. The van der Waals surface area contributed by atoms with Crippen molar-refractivity contribution in [2.24, 2.45) is 5.73 Å². The van der Waals surface area contributed by atoms with E-state index in [-0.39, 0.29) is 6.04 Å². The van der Waals surface area contributed by atoms with Crippen LogP contribution in [0.3, 0.4) is 0 Å². The SMILES string of the molecule is COc1cc2c(cc1OC)CN(C[C@@H](C)N)CC2. The van der Waals surface area contributed by atoms with Gasteiger partial charge < -0.3 is 15.2 Å².